The first-order valence-corrected chi connectivity index (χ1v) is 7.31. The van der Waals surface area contributed by atoms with Gasteiger partial charge in [-0.2, -0.15) is 0 Å². The second kappa shape index (κ2) is 5.23. The fraction of sp³-hybridized carbons (Fsp3) is 0.625. The Morgan fingerprint density at radius 3 is 2.95 bits per heavy atom. The molecule has 0 bridgehead atoms. The number of ether oxygens (including phenoxy) is 1. The van der Waals surface area contributed by atoms with Crippen molar-refractivity contribution in [1.29, 1.82) is 0 Å². The van der Waals surface area contributed by atoms with Gasteiger partial charge in [0.25, 0.3) is 0 Å². The normalized spacial score (nSPS) is 30.7. The highest BCUT2D eigenvalue weighted by molar-refractivity contribution is 5.29. The Bertz CT molecular complexity index is 444. The van der Waals surface area contributed by atoms with Crippen molar-refractivity contribution in [2.24, 2.45) is 0 Å². The van der Waals surface area contributed by atoms with Gasteiger partial charge in [-0.15, -0.1) is 0 Å². The molecule has 104 valence electrons. The van der Waals surface area contributed by atoms with Crippen molar-refractivity contribution < 1.29 is 9.84 Å². The molecular formula is C16H23NO2. The fourth-order valence-electron chi connectivity index (χ4n) is 2.80. The minimum atomic E-state index is -0.700. The van der Waals surface area contributed by atoms with E-state index in [2.05, 4.69) is 29.6 Å². The molecule has 3 rings (SSSR count). The number of aliphatic hydroxyl groups is 1. The van der Waals surface area contributed by atoms with Crippen molar-refractivity contribution in [3.8, 4) is 0 Å². The van der Waals surface area contributed by atoms with Crippen LogP contribution in [-0.2, 0) is 11.3 Å². The molecule has 1 heterocycles. The first kappa shape index (κ1) is 13.1. The summed E-state index contributed by atoms with van der Waals surface area (Å²) in [7, 11) is 0. The third kappa shape index (κ3) is 2.99. The number of rotatable bonds is 5. The van der Waals surface area contributed by atoms with Crippen LogP contribution in [0.1, 0.15) is 43.2 Å². The van der Waals surface area contributed by atoms with Gasteiger partial charge in [-0.3, -0.25) is 0 Å². The second-order valence-corrected chi connectivity index (χ2v) is 5.99. The number of hydrogen-bond acceptors (Lipinski definition) is 3. The molecule has 1 aliphatic heterocycles. The monoisotopic (exact) mass is 261 g/mol. The summed E-state index contributed by atoms with van der Waals surface area (Å²) in [4.78, 5) is 0. The molecule has 19 heavy (non-hydrogen) atoms. The van der Waals surface area contributed by atoms with Crippen LogP contribution in [0.25, 0.3) is 0 Å². The molecule has 1 saturated heterocycles. The highest BCUT2D eigenvalue weighted by Gasteiger charge is 2.38. The van der Waals surface area contributed by atoms with Gasteiger partial charge in [0, 0.05) is 26.1 Å². The average Bonchev–Trinajstić information content (AvgIpc) is 3.19. The first-order chi connectivity index (χ1) is 9.17. The maximum absolute atomic E-state index is 10.4. The van der Waals surface area contributed by atoms with Crippen molar-refractivity contribution in [2.75, 3.05) is 13.2 Å². The van der Waals surface area contributed by atoms with Crippen LogP contribution >= 0.6 is 0 Å². The predicted octanol–water partition coefficient (Wildman–Crippen LogP) is 2.19. The Balaban J connectivity index is 1.53. The van der Waals surface area contributed by atoms with Gasteiger partial charge in [0.1, 0.15) is 5.60 Å². The molecule has 1 aliphatic carbocycles. The van der Waals surface area contributed by atoms with E-state index in [1.54, 1.807) is 0 Å². The van der Waals surface area contributed by atoms with Gasteiger partial charge in [-0.1, -0.05) is 24.3 Å². The average molecular weight is 261 g/mol. The van der Waals surface area contributed by atoms with Crippen molar-refractivity contribution >= 4 is 0 Å². The van der Waals surface area contributed by atoms with Crippen LogP contribution in [0.4, 0.5) is 0 Å². The van der Waals surface area contributed by atoms with Gasteiger partial charge in [0.2, 0.25) is 0 Å². The van der Waals surface area contributed by atoms with E-state index in [-0.39, 0.29) is 6.10 Å². The van der Waals surface area contributed by atoms with Crippen LogP contribution in [0.2, 0.25) is 0 Å². The van der Waals surface area contributed by atoms with Gasteiger partial charge >= 0.3 is 0 Å². The minimum Gasteiger partial charge on any atom is -0.386 e. The summed E-state index contributed by atoms with van der Waals surface area (Å²) in [5, 5.41) is 13.8. The van der Waals surface area contributed by atoms with Gasteiger partial charge in [0.05, 0.1) is 6.10 Å². The quantitative estimate of drug-likeness (QED) is 0.853. The second-order valence-electron chi connectivity index (χ2n) is 5.99. The molecule has 2 aliphatic rings. The lowest BCUT2D eigenvalue weighted by Crippen LogP contribution is -2.45. The summed E-state index contributed by atoms with van der Waals surface area (Å²) in [6.07, 6.45) is 3.33. The van der Waals surface area contributed by atoms with E-state index in [9.17, 15) is 5.11 Å². The molecule has 2 fully saturated rings. The van der Waals surface area contributed by atoms with Gasteiger partial charge in [-0.25, -0.2) is 0 Å². The smallest absolute Gasteiger partial charge is 0.105 e. The largest absolute Gasteiger partial charge is 0.386 e. The molecule has 0 radical (unpaired) electrons. The Kier molecular flexibility index (Phi) is 3.61. The summed E-state index contributed by atoms with van der Waals surface area (Å²) >= 11 is 0. The molecule has 2 atom stereocenters. The SMILES string of the molecule is CC1OCCC1(O)CNCc1cccc(C2CC2)c1. The van der Waals surface area contributed by atoms with Gasteiger partial charge in [0.15, 0.2) is 0 Å². The van der Waals surface area contributed by atoms with Crippen LogP contribution in [0, 0.1) is 0 Å². The molecular weight excluding hydrogens is 238 g/mol. The van der Waals surface area contributed by atoms with Crippen molar-refractivity contribution in [1.82, 2.24) is 5.32 Å². The number of benzene rings is 1. The third-order valence-corrected chi connectivity index (χ3v) is 4.42. The molecule has 3 heteroatoms. The van der Waals surface area contributed by atoms with Crippen molar-refractivity contribution in [3.05, 3.63) is 35.4 Å². The maximum atomic E-state index is 10.4. The van der Waals surface area contributed by atoms with E-state index in [0.717, 1.165) is 18.9 Å². The topological polar surface area (TPSA) is 41.5 Å². The highest BCUT2D eigenvalue weighted by Crippen LogP contribution is 2.40. The molecule has 2 N–H and O–H groups in total. The molecule has 1 saturated carbocycles. The molecule has 0 aromatic heterocycles. The molecule has 2 unspecified atom stereocenters. The molecule has 3 nitrogen and oxygen atoms in total. The fourth-order valence-corrected chi connectivity index (χ4v) is 2.80. The van der Waals surface area contributed by atoms with E-state index in [1.807, 2.05) is 6.92 Å². The molecule has 0 amide bonds. The lowest BCUT2D eigenvalue weighted by atomic mass is 9.96. The molecule has 1 aromatic carbocycles. The Labute approximate surface area is 115 Å². The number of nitrogens with one attached hydrogen (secondary N) is 1. The van der Waals surface area contributed by atoms with E-state index >= 15 is 0 Å². The summed E-state index contributed by atoms with van der Waals surface area (Å²) in [5.74, 6) is 0.799. The zero-order valence-corrected chi connectivity index (χ0v) is 11.6. The van der Waals surface area contributed by atoms with E-state index < -0.39 is 5.60 Å². The lowest BCUT2D eigenvalue weighted by molar-refractivity contribution is -0.0262. The summed E-state index contributed by atoms with van der Waals surface area (Å²) in [5.41, 5.74) is 2.07. The standard InChI is InChI=1S/C16H23NO2/c1-12-16(18,7-8-19-12)11-17-10-13-3-2-4-15(9-13)14-5-6-14/h2-4,9,12,14,17-18H,5-8,10-11H2,1H3. The van der Waals surface area contributed by atoms with Crippen LogP contribution in [0.3, 0.4) is 0 Å². The van der Waals surface area contributed by atoms with E-state index in [0.29, 0.717) is 13.2 Å². The van der Waals surface area contributed by atoms with E-state index in [1.165, 1.54) is 24.0 Å². The third-order valence-electron chi connectivity index (χ3n) is 4.42. The summed E-state index contributed by atoms with van der Waals surface area (Å²) in [6, 6.07) is 8.81. The lowest BCUT2D eigenvalue weighted by Gasteiger charge is -2.26. The first-order valence-electron chi connectivity index (χ1n) is 7.31. The van der Waals surface area contributed by atoms with Crippen molar-refractivity contribution in [2.45, 2.75) is 50.4 Å². The zero-order chi connectivity index (χ0) is 13.3. The Morgan fingerprint density at radius 2 is 2.26 bits per heavy atom. The van der Waals surface area contributed by atoms with Crippen LogP contribution in [0.5, 0.6) is 0 Å². The molecule has 1 aromatic rings. The summed E-state index contributed by atoms with van der Waals surface area (Å²) in [6.45, 7) is 4.02. The van der Waals surface area contributed by atoms with Crippen LogP contribution in [0.15, 0.2) is 24.3 Å². The van der Waals surface area contributed by atoms with Crippen LogP contribution < -0.4 is 5.32 Å². The Morgan fingerprint density at radius 1 is 1.42 bits per heavy atom. The van der Waals surface area contributed by atoms with Gasteiger partial charge in [-0.05, 0) is 36.8 Å². The maximum Gasteiger partial charge on any atom is 0.105 e. The minimum absolute atomic E-state index is 0.0715. The zero-order valence-electron chi connectivity index (χ0n) is 11.6. The Hall–Kier alpha value is -0.900. The van der Waals surface area contributed by atoms with Crippen LogP contribution in [-0.4, -0.2) is 30.0 Å². The molecule has 0 spiro atoms. The van der Waals surface area contributed by atoms with Crippen molar-refractivity contribution in [3.63, 3.8) is 0 Å². The predicted molar refractivity (Wildman–Crippen MR) is 75.1 cm³/mol. The van der Waals surface area contributed by atoms with Gasteiger partial charge < -0.3 is 15.2 Å². The number of hydrogen-bond donors (Lipinski definition) is 2. The summed E-state index contributed by atoms with van der Waals surface area (Å²) < 4.78 is 5.44. The highest BCUT2D eigenvalue weighted by atomic mass is 16.5. The van der Waals surface area contributed by atoms with E-state index in [4.69, 9.17) is 4.74 Å².